The van der Waals surface area contributed by atoms with E-state index in [9.17, 15) is 15.0 Å². The minimum atomic E-state index is -1.02. The fraction of sp³-hybridized carbons (Fsp3) is 0.588. The summed E-state index contributed by atoms with van der Waals surface area (Å²) in [5, 5.41) is 23.0. The molecule has 0 saturated heterocycles. The monoisotopic (exact) mass is 324 g/mol. The molecule has 1 aromatic rings. The zero-order valence-corrected chi connectivity index (χ0v) is 14.1. The number of carbonyl (C=O) groups is 1. The third kappa shape index (κ3) is 6.99. The number of amides is 1. The highest BCUT2D eigenvalue weighted by Gasteiger charge is 2.21. The van der Waals surface area contributed by atoms with Crippen LogP contribution in [0.4, 0.5) is 4.79 Å². The number of ether oxygens (including phenoxy) is 1. The summed E-state index contributed by atoms with van der Waals surface area (Å²) in [7, 11) is 0. The van der Waals surface area contributed by atoms with Crippen LogP contribution in [0.25, 0.3) is 0 Å². The van der Waals surface area contributed by atoms with Gasteiger partial charge in [-0.25, -0.2) is 4.79 Å². The van der Waals surface area contributed by atoms with Crippen LogP contribution in [0.2, 0.25) is 0 Å². The maximum atomic E-state index is 11.5. The molecule has 5 N–H and O–H groups in total. The molecule has 0 heterocycles. The van der Waals surface area contributed by atoms with Crippen molar-refractivity contribution in [2.75, 3.05) is 13.1 Å². The first-order chi connectivity index (χ1) is 10.7. The number of aliphatic hydroxyl groups excluding tert-OH is 2. The van der Waals surface area contributed by atoms with Crippen molar-refractivity contribution in [2.24, 2.45) is 5.73 Å². The van der Waals surface area contributed by atoms with E-state index in [1.54, 1.807) is 26.8 Å². The first kappa shape index (κ1) is 19.4. The number of carbonyl (C=O) groups excluding carboxylic acids is 1. The fourth-order valence-corrected chi connectivity index (χ4v) is 2.21. The average molecular weight is 324 g/mol. The van der Waals surface area contributed by atoms with Gasteiger partial charge >= 0.3 is 6.09 Å². The molecule has 0 fully saturated rings. The normalized spacial score (nSPS) is 14.2. The van der Waals surface area contributed by atoms with E-state index in [0.717, 1.165) is 5.56 Å². The molecule has 1 aromatic carbocycles. The number of rotatable bonds is 7. The smallest absolute Gasteiger partial charge is 0.407 e. The van der Waals surface area contributed by atoms with Gasteiger partial charge in [-0.15, -0.1) is 0 Å². The van der Waals surface area contributed by atoms with Gasteiger partial charge in [0, 0.05) is 6.54 Å². The summed E-state index contributed by atoms with van der Waals surface area (Å²) in [5.41, 5.74) is 6.59. The third-order valence-corrected chi connectivity index (χ3v) is 3.26. The second-order valence-corrected chi connectivity index (χ2v) is 6.47. The van der Waals surface area contributed by atoms with E-state index < -0.39 is 23.9 Å². The molecule has 1 amide bonds. The van der Waals surface area contributed by atoms with Gasteiger partial charge in [0.15, 0.2) is 0 Å². The van der Waals surface area contributed by atoms with Crippen LogP contribution in [0.5, 0.6) is 0 Å². The minimum absolute atomic E-state index is 0.214. The summed E-state index contributed by atoms with van der Waals surface area (Å²) in [5.74, 6) is 0. The lowest BCUT2D eigenvalue weighted by atomic mass is 9.95. The number of nitrogens with one attached hydrogen (secondary N) is 1. The van der Waals surface area contributed by atoms with Crippen molar-refractivity contribution in [3.63, 3.8) is 0 Å². The van der Waals surface area contributed by atoms with Crippen molar-refractivity contribution < 1.29 is 19.7 Å². The Labute approximate surface area is 137 Å². The zero-order chi connectivity index (χ0) is 17.5. The number of benzene rings is 1. The third-order valence-electron chi connectivity index (χ3n) is 3.26. The van der Waals surface area contributed by atoms with Gasteiger partial charge in [-0.1, -0.05) is 24.3 Å². The molecule has 6 nitrogen and oxygen atoms in total. The van der Waals surface area contributed by atoms with Crippen LogP contribution < -0.4 is 11.1 Å². The molecule has 0 bridgehead atoms. The molecule has 23 heavy (non-hydrogen) atoms. The van der Waals surface area contributed by atoms with Gasteiger partial charge in [0.2, 0.25) is 0 Å². The van der Waals surface area contributed by atoms with Crippen LogP contribution in [0.3, 0.4) is 0 Å². The van der Waals surface area contributed by atoms with Crippen molar-refractivity contribution in [2.45, 2.75) is 51.4 Å². The van der Waals surface area contributed by atoms with Gasteiger partial charge in [0.25, 0.3) is 0 Å². The van der Waals surface area contributed by atoms with E-state index >= 15 is 0 Å². The van der Waals surface area contributed by atoms with Crippen LogP contribution in [-0.2, 0) is 11.2 Å². The van der Waals surface area contributed by atoms with Crippen molar-refractivity contribution >= 4 is 6.09 Å². The van der Waals surface area contributed by atoms with Crippen LogP contribution in [0.15, 0.2) is 24.3 Å². The van der Waals surface area contributed by atoms with E-state index in [1.165, 1.54) is 0 Å². The molecule has 2 unspecified atom stereocenters. The average Bonchev–Trinajstić information content (AvgIpc) is 2.45. The minimum Gasteiger partial charge on any atom is -0.444 e. The molecular formula is C17H28N2O4. The Morgan fingerprint density at radius 1 is 1.30 bits per heavy atom. The molecule has 0 aliphatic rings. The molecule has 130 valence electrons. The van der Waals surface area contributed by atoms with Crippen LogP contribution >= 0.6 is 0 Å². The van der Waals surface area contributed by atoms with Crippen molar-refractivity contribution in [1.29, 1.82) is 0 Å². The molecule has 0 radical (unpaired) electrons. The molecule has 1 rings (SSSR count). The van der Waals surface area contributed by atoms with Gasteiger partial charge in [-0.2, -0.15) is 0 Å². The van der Waals surface area contributed by atoms with Crippen LogP contribution in [0.1, 0.15) is 44.4 Å². The van der Waals surface area contributed by atoms with Gasteiger partial charge in [-0.05, 0) is 51.3 Å². The van der Waals surface area contributed by atoms with Gasteiger partial charge in [0.05, 0.1) is 6.10 Å². The Hall–Kier alpha value is -1.63. The number of alkyl carbamates (subject to hydrolysis) is 1. The van der Waals surface area contributed by atoms with E-state index in [1.807, 2.05) is 18.2 Å². The number of nitrogens with two attached hydrogens (primary N) is 1. The Balaban J connectivity index is 2.52. The summed E-state index contributed by atoms with van der Waals surface area (Å²) in [6.45, 7) is 6.02. The number of hydrogen-bond donors (Lipinski definition) is 4. The summed E-state index contributed by atoms with van der Waals surface area (Å²) < 4.78 is 5.11. The molecule has 0 aromatic heterocycles. The Morgan fingerprint density at radius 2 is 1.96 bits per heavy atom. The summed E-state index contributed by atoms with van der Waals surface area (Å²) in [6.07, 6.45) is -1.68. The molecule has 0 aliphatic carbocycles. The summed E-state index contributed by atoms with van der Waals surface area (Å²) in [4.78, 5) is 11.5. The highest BCUT2D eigenvalue weighted by molar-refractivity contribution is 5.67. The van der Waals surface area contributed by atoms with E-state index in [-0.39, 0.29) is 13.0 Å². The van der Waals surface area contributed by atoms with E-state index in [4.69, 9.17) is 10.5 Å². The molecule has 0 aliphatic heterocycles. The predicted octanol–water partition coefficient (Wildman–Crippen LogP) is 1.50. The first-order valence-corrected chi connectivity index (χ1v) is 7.85. The molecule has 6 heteroatoms. The number of aliphatic hydroxyl groups is 2. The standard InChI is InChI=1S/C17H28N2O4/c1-17(2,3)23-16(22)19-11-9-14(20)15(21)13-7-5-4-6-12(13)8-10-18/h4-7,14-15,20-21H,8-11,18H2,1-3H3,(H,19,22). The van der Waals surface area contributed by atoms with Gasteiger partial charge in [-0.3, -0.25) is 0 Å². The number of hydrogen-bond acceptors (Lipinski definition) is 5. The van der Waals surface area contributed by atoms with Crippen molar-refractivity contribution in [1.82, 2.24) is 5.32 Å². The van der Waals surface area contributed by atoms with Crippen LogP contribution in [0, 0.1) is 0 Å². The second-order valence-electron chi connectivity index (χ2n) is 6.47. The Bertz CT molecular complexity index is 500. The highest BCUT2D eigenvalue weighted by atomic mass is 16.6. The van der Waals surface area contributed by atoms with Crippen molar-refractivity contribution in [3.05, 3.63) is 35.4 Å². The molecule has 0 spiro atoms. The fourth-order valence-electron chi connectivity index (χ4n) is 2.21. The topological polar surface area (TPSA) is 105 Å². The predicted molar refractivity (Wildman–Crippen MR) is 89.0 cm³/mol. The lowest BCUT2D eigenvalue weighted by Crippen LogP contribution is -2.34. The SMILES string of the molecule is CC(C)(C)OC(=O)NCCC(O)C(O)c1ccccc1CCN. The highest BCUT2D eigenvalue weighted by Crippen LogP contribution is 2.23. The van der Waals surface area contributed by atoms with Gasteiger partial charge in [0.1, 0.15) is 11.7 Å². The summed E-state index contributed by atoms with van der Waals surface area (Å²) >= 11 is 0. The molecule has 2 atom stereocenters. The zero-order valence-electron chi connectivity index (χ0n) is 14.1. The second kappa shape index (κ2) is 8.86. The maximum Gasteiger partial charge on any atom is 0.407 e. The van der Waals surface area contributed by atoms with Crippen LogP contribution in [-0.4, -0.2) is 41.1 Å². The summed E-state index contributed by atoms with van der Waals surface area (Å²) in [6, 6.07) is 7.35. The van der Waals surface area contributed by atoms with E-state index in [0.29, 0.717) is 18.5 Å². The lowest BCUT2D eigenvalue weighted by molar-refractivity contribution is 0.0118. The Kier molecular flexibility index (Phi) is 7.48. The van der Waals surface area contributed by atoms with E-state index in [2.05, 4.69) is 5.32 Å². The maximum absolute atomic E-state index is 11.5. The van der Waals surface area contributed by atoms with Gasteiger partial charge < -0.3 is 26.0 Å². The Morgan fingerprint density at radius 3 is 2.57 bits per heavy atom. The first-order valence-electron chi connectivity index (χ1n) is 7.85. The lowest BCUT2D eigenvalue weighted by Gasteiger charge is -2.22. The quantitative estimate of drug-likeness (QED) is 0.608. The van der Waals surface area contributed by atoms with Crippen molar-refractivity contribution in [3.8, 4) is 0 Å². The molecule has 0 saturated carbocycles. The molecular weight excluding hydrogens is 296 g/mol. The largest absolute Gasteiger partial charge is 0.444 e.